The van der Waals surface area contributed by atoms with Gasteiger partial charge < -0.3 is 9.15 Å². The van der Waals surface area contributed by atoms with Gasteiger partial charge in [-0.2, -0.15) is 0 Å². The molecule has 4 heterocycles. The number of nitrogens with zero attached hydrogens (tertiary/aromatic N) is 3. The standard InChI is InChI=1S/C31H23N3O4S2/c1-2-37-30(36)26-27(20-11-5-3-6-12-20)33-31-34(28(26)21-13-7-4-8-14-21)29(35)23(39-31)19-22-16-17-25(38-22)40-24-15-9-10-18-32-24/h3-19,28H,2H2,1H3/b23-19-/t28-/m0/s1. The average Bonchev–Trinajstić information content (AvgIpc) is 3.56. The van der Waals surface area contributed by atoms with Gasteiger partial charge in [0.2, 0.25) is 0 Å². The van der Waals surface area contributed by atoms with Gasteiger partial charge in [0, 0.05) is 17.8 Å². The lowest BCUT2D eigenvalue weighted by molar-refractivity contribution is -0.138. The largest absolute Gasteiger partial charge is 0.463 e. The van der Waals surface area contributed by atoms with E-state index in [1.807, 2.05) is 91.0 Å². The fraction of sp³-hybridized carbons (Fsp3) is 0.0968. The van der Waals surface area contributed by atoms with E-state index in [1.54, 1.807) is 23.8 Å². The van der Waals surface area contributed by atoms with Crippen LogP contribution in [-0.4, -0.2) is 22.1 Å². The zero-order valence-corrected chi connectivity index (χ0v) is 23.0. The molecule has 7 nitrogen and oxygen atoms in total. The number of esters is 1. The van der Waals surface area contributed by atoms with Gasteiger partial charge in [-0.15, -0.1) is 0 Å². The highest BCUT2D eigenvalue weighted by atomic mass is 32.2. The molecule has 1 atom stereocenters. The van der Waals surface area contributed by atoms with Crippen LogP contribution in [0.3, 0.4) is 0 Å². The lowest BCUT2D eigenvalue weighted by Crippen LogP contribution is -2.39. The first kappa shape index (κ1) is 25.8. The van der Waals surface area contributed by atoms with Gasteiger partial charge in [0.25, 0.3) is 5.56 Å². The SMILES string of the molecule is CCOC(=O)C1=C(c2ccccc2)N=c2s/c(=C\c3ccc(Sc4ccccn4)o3)c(=O)n2[C@H]1c1ccccc1. The summed E-state index contributed by atoms with van der Waals surface area (Å²) in [6.07, 6.45) is 3.44. The number of hydrogen-bond acceptors (Lipinski definition) is 8. The number of furan rings is 1. The van der Waals surface area contributed by atoms with Crippen LogP contribution in [-0.2, 0) is 9.53 Å². The molecule has 40 heavy (non-hydrogen) atoms. The molecule has 0 N–H and O–H groups in total. The van der Waals surface area contributed by atoms with Crippen molar-refractivity contribution in [2.45, 2.75) is 23.1 Å². The number of ether oxygens (including phenoxy) is 1. The smallest absolute Gasteiger partial charge is 0.338 e. The zero-order valence-electron chi connectivity index (χ0n) is 21.4. The van der Waals surface area contributed by atoms with Gasteiger partial charge in [0.15, 0.2) is 9.89 Å². The van der Waals surface area contributed by atoms with Gasteiger partial charge in [-0.1, -0.05) is 78.1 Å². The molecule has 1 aliphatic rings. The minimum Gasteiger partial charge on any atom is -0.463 e. The van der Waals surface area contributed by atoms with E-state index in [-0.39, 0.29) is 12.2 Å². The number of fused-ring (bicyclic) bond motifs is 1. The van der Waals surface area contributed by atoms with Crippen molar-refractivity contribution in [1.29, 1.82) is 0 Å². The number of benzene rings is 2. The van der Waals surface area contributed by atoms with E-state index in [0.29, 0.717) is 31.5 Å². The molecule has 2 aromatic carbocycles. The molecule has 0 saturated heterocycles. The number of carbonyl (C=O) groups excluding carboxylic acids is 1. The minimum absolute atomic E-state index is 0.202. The summed E-state index contributed by atoms with van der Waals surface area (Å²) in [5, 5.41) is 1.47. The molecular weight excluding hydrogens is 542 g/mol. The first-order chi connectivity index (χ1) is 19.6. The topological polar surface area (TPSA) is 86.7 Å². The van der Waals surface area contributed by atoms with Gasteiger partial charge in [-0.05, 0) is 48.5 Å². The molecule has 0 fully saturated rings. The molecule has 0 aliphatic carbocycles. The second-order valence-electron chi connectivity index (χ2n) is 8.77. The summed E-state index contributed by atoms with van der Waals surface area (Å²) in [7, 11) is 0. The minimum atomic E-state index is -0.708. The first-order valence-electron chi connectivity index (χ1n) is 12.6. The Balaban J connectivity index is 1.51. The van der Waals surface area contributed by atoms with E-state index in [2.05, 4.69) is 4.98 Å². The third kappa shape index (κ3) is 5.09. The van der Waals surface area contributed by atoms with Gasteiger partial charge in [-0.3, -0.25) is 9.36 Å². The number of carbonyl (C=O) groups is 1. The van der Waals surface area contributed by atoms with Crippen molar-refractivity contribution >= 4 is 40.8 Å². The Morgan fingerprint density at radius 2 is 1.77 bits per heavy atom. The van der Waals surface area contributed by atoms with Gasteiger partial charge in [0.1, 0.15) is 10.8 Å². The lowest BCUT2D eigenvalue weighted by atomic mass is 9.93. The van der Waals surface area contributed by atoms with E-state index in [1.165, 1.54) is 23.1 Å². The van der Waals surface area contributed by atoms with E-state index in [4.69, 9.17) is 14.1 Å². The second kappa shape index (κ2) is 11.3. The molecule has 0 saturated carbocycles. The second-order valence-corrected chi connectivity index (χ2v) is 10.8. The summed E-state index contributed by atoms with van der Waals surface area (Å²) in [5.74, 6) is 0.0308. The highest BCUT2D eigenvalue weighted by Gasteiger charge is 2.35. The van der Waals surface area contributed by atoms with Crippen molar-refractivity contribution in [1.82, 2.24) is 9.55 Å². The van der Waals surface area contributed by atoms with Crippen LogP contribution < -0.4 is 14.9 Å². The maximum atomic E-state index is 13.9. The molecule has 0 amide bonds. The van der Waals surface area contributed by atoms with Crippen molar-refractivity contribution in [3.05, 3.63) is 139 Å². The predicted octanol–water partition coefficient (Wildman–Crippen LogP) is 5.07. The summed E-state index contributed by atoms with van der Waals surface area (Å²) in [6, 6.07) is 27.6. The van der Waals surface area contributed by atoms with E-state index < -0.39 is 12.0 Å². The van der Waals surface area contributed by atoms with E-state index >= 15 is 0 Å². The van der Waals surface area contributed by atoms with Crippen molar-refractivity contribution in [2.75, 3.05) is 6.61 Å². The highest BCUT2D eigenvalue weighted by Crippen LogP contribution is 2.35. The Kier molecular flexibility index (Phi) is 7.31. The quantitative estimate of drug-likeness (QED) is 0.256. The molecule has 3 aromatic heterocycles. The molecule has 0 spiro atoms. The van der Waals surface area contributed by atoms with Crippen molar-refractivity contribution < 1.29 is 13.9 Å². The Hall–Kier alpha value is -4.47. The van der Waals surface area contributed by atoms with Crippen LogP contribution in [0.4, 0.5) is 0 Å². The Morgan fingerprint density at radius 1 is 1.02 bits per heavy atom. The lowest BCUT2D eigenvalue weighted by Gasteiger charge is -2.25. The van der Waals surface area contributed by atoms with Crippen LogP contribution in [0.5, 0.6) is 0 Å². The fourth-order valence-corrected chi connectivity index (χ4v) is 6.22. The molecule has 6 rings (SSSR count). The summed E-state index contributed by atoms with van der Waals surface area (Å²) in [4.78, 5) is 37.0. The Morgan fingerprint density at radius 3 is 2.50 bits per heavy atom. The van der Waals surface area contributed by atoms with Crippen molar-refractivity contribution in [2.24, 2.45) is 4.99 Å². The molecule has 0 bridgehead atoms. The van der Waals surface area contributed by atoms with Gasteiger partial charge in [0.05, 0.1) is 28.5 Å². The fourth-order valence-electron chi connectivity index (χ4n) is 4.50. The first-order valence-corrected chi connectivity index (χ1v) is 14.3. The Bertz CT molecular complexity index is 1880. The van der Waals surface area contributed by atoms with Crippen molar-refractivity contribution in [3.63, 3.8) is 0 Å². The number of aromatic nitrogens is 2. The normalized spacial score (nSPS) is 15.0. The van der Waals surface area contributed by atoms with Crippen LogP contribution in [0.15, 0.2) is 127 Å². The molecule has 0 unspecified atom stereocenters. The highest BCUT2D eigenvalue weighted by molar-refractivity contribution is 7.99. The molecule has 0 radical (unpaired) electrons. The van der Waals surface area contributed by atoms with Crippen LogP contribution in [0, 0.1) is 0 Å². The number of pyridine rings is 1. The van der Waals surface area contributed by atoms with Crippen LogP contribution in [0.25, 0.3) is 11.8 Å². The third-order valence-electron chi connectivity index (χ3n) is 6.21. The Labute approximate surface area is 237 Å². The van der Waals surface area contributed by atoms with Crippen LogP contribution in [0.2, 0.25) is 0 Å². The zero-order chi connectivity index (χ0) is 27.5. The summed E-state index contributed by atoms with van der Waals surface area (Å²) in [6.45, 7) is 1.96. The average molecular weight is 566 g/mol. The van der Waals surface area contributed by atoms with Gasteiger partial charge >= 0.3 is 5.97 Å². The monoisotopic (exact) mass is 565 g/mol. The molecule has 9 heteroatoms. The van der Waals surface area contributed by atoms with Crippen LogP contribution >= 0.6 is 23.1 Å². The number of hydrogen-bond donors (Lipinski definition) is 0. The summed E-state index contributed by atoms with van der Waals surface area (Å²) in [5.41, 5.74) is 2.11. The molecule has 198 valence electrons. The maximum Gasteiger partial charge on any atom is 0.338 e. The van der Waals surface area contributed by atoms with Crippen molar-refractivity contribution in [3.8, 4) is 0 Å². The predicted molar refractivity (Wildman–Crippen MR) is 155 cm³/mol. The molecular formula is C31H23N3O4S2. The van der Waals surface area contributed by atoms with Gasteiger partial charge in [-0.25, -0.2) is 14.8 Å². The molecule has 1 aliphatic heterocycles. The van der Waals surface area contributed by atoms with E-state index in [9.17, 15) is 9.59 Å². The number of rotatable bonds is 7. The third-order valence-corrected chi connectivity index (χ3v) is 8.06. The summed E-state index contributed by atoms with van der Waals surface area (Å²) >= 11 is 2.66. The maximum absolute atomic E-state index is 13.9. The number of thiazole rings is 1. The molecule has 5 aromatic rings. The van der Waals surface area contributed by atoms with E-state index in [0.717, 1.165) is 16.2 Å². The van der Waals surface area contributed by atoms with Crippen LogP contribution in [0.1, 0.15) is 29.9 Å². The summed E-state index contributed by atoms with van der Waals surface area (Å²) < 4.78 is 13.5.